The van der Waals surface area contributed by atoms with Crippen molar-refractivity contribution in [1.82, 2.24) is 0 Å². The summed E-state index contributed by atoms with van der Waals surface area (Å²) in [5.41, 5.74) is 2.31. The largest absolute Gasteiger partial charge is 0.452 e. The van der Waals surface area contributed by atoms with Crippen LogP contribution in [-0.4, -0.2) is 18.0 Å². The van der Waals surface area contributed by atoms with Gasteiger partial charge in [-0.05, 0) is 30.2 Å². The summed E-state index contributed by atoms with van der Waals surface area (Å²) in [6.07, 6.45) is -0.910. The molecule has 3 rings (SSSR count). The Bertz CT molecular complexity index is 840. The Balaban J connectivity index is 1.75. The number of esters is 1. The summed E-state index contributed by atoms with van der Waals surface area (Å²) in [7, 11) is 0. The van der Waals surface area contributed by atoms with Crippen molar-refractivity contribution in [2.24, 2.45) is 0 Å². The summed E-state index contributed by atoms with van der Waals surface area (Å²) in [5.74, 6) is -1.41. The number of amides is 1. The van der Waals surface area contributed by atoms with E-state index in [0.29, 0.717) is 5.69 Å². The van der Waals surface area contributed by atoms with Crippen molar-refractivity contribution < 1.29 is 14.3 Å². The molecule has 136 valence electrons. The highest BCUT2D eigenvalue weighted by Crippen LogP contribution is 2.26. The summed E-state index contributed by atoms with van der Waals surface area (Å²) >= 11 is 0. The fourth-order valence-corrected chi connectivity index (χ4v) is 2.82. The summed E-state index contributed by atoms with van der Waals surface area (Å²) in [5, 5.41) is 2.75. The second-order valence-corrected chi connectivity index (χ2v) is 6.19. The predicted octanol–water partition coefficient (Wildman–Crippen LogP) is 4.39. The fraction of sp³-hybridized carbons (Fsp3) is 0.130. The molecule has 0 saturated heterocycles. The third-order valence-electron chi connectivity index (χ3n) is 4.20. The molecule has 0 saturated carbocycles. The Morgan fingerprint density at radius 1 is 0.741 bits per heavy atom. The van der Waals surface area contributed by atoms with E-state index in [1.54, 1.807) is 19.1 Å². The molecule has 27 heavy (non-hydrogen) atoms. The van der Waals surface area contributed by atoms with E-state index >= 15 is 0 Å². The number of ether oxygens (including phenoxy) is 1. The second kappa shape index (κ2) is 8.81. The monoisotopic (exact) mass is 359 g/mol. The zero-order valence-electron chi connectivity index (χ0n) is 15.0. The van der Waals surface area contributed by atoms with E-state index in [1.165, 1.54) is 0 Å². The highest BCUT2D eigenvalue weighted by molar-refractivity contribution is 5.95. The van der Waals surface area contributed by atoms with Gasteiger partial charge in [-0.15, -0.1) is 0 Å². The number of hydrogen-bond acceptors (Lipinski definition) is 3. The molecule has 0 radical (unpaired) electrons. The van der Waals surface area contributed by atoms with Crippen molar-refractivity contribution >= 4 is 17.6 Å². The van der Waals surface area contributed by atoms with Crippen molar-refractivity contribution in [3.8, 4) is 0 Å². The standard InChI is InChI=1S/C23H21NO3/c1-17(22(25)24-20-15-9-4-10-16-20)27-23(26)21(18-11-5-2-6-12-18)19-13-7-3-8-14-19/h2-17,21H,1H3,(H,24,25). The molecule has 1 N–H and O–H groups in total. The maximum Gasteiger partial charge on any atom is 0.318 e. The van der Waals surface area contributed by atoms with Crippen LogP contribution in [0.1, 0.15) is 24.0 Å². The molecule has 0 aliphatic carbocycles. The van der Waals surface area contributed by atoms with Gasteiger partial charge in [0.05, 0.1) is 0 Å². The lowest BCUT2D eigenvalue weighted by Crippen LogP contribution is -2.32. The Kier molecular flexibility index (Phi) is 6.00. The maximum absolute atomic E-state index is 12.9. The maximum atomic E-state index is 12.9. The Hall–Kier alpha value is -3.40. The molecule has 0 aliphatic rings. The van der Waals surface area contributed by atoms with E-state index in [4.69, 9.17) is 4.74 Å². The molecule has 1 atom stereocenters. The zero-order valence-corrected chi connectivity index (χ0v) is 15.0. The molecule has 1 unspecified atom stereocenters. The molecule has 3 aromatic rings. The molecular weight excluding hydrogens is 338 g/mol. The van der Waals surface area contributed by atoms with Crippen LogP contribution in [0, 0.1) is 0 Å². The van der Waals surface area contributed by atoms with Crippen LogP contribution >= 0.6 is 0 Å². The van der Waals surface area contributed by atoms with E-state index in [1.807, 2.05) is 78.9 Å². The van der Waals surface area contributed by atoms with Crippen molar-refractivity contribution in [2.75, 3.05) is 5.32 Å². The molecule has 0 bridgehead atoms. The van der Waals surface area contributed by atoms with Crippen LogP contribution in [0.4, 0.5) is 5.69 Å². The highest BCUT2D eigenvalue weighted by atomic mass is 16.5. The normalized spacial score (nSPS) is 11.6. The van der Waals surface area contributed by atoms with E-state index in [-0.39, 0.29) is 5.91 Å². The van der Waals surface area contributed by atoms with Crippen LogP contribution in [0.3, 0.4) is 0 Å². The first kappa shape index (κ1) is 18.4. The summed E-state index contributed by atoms with van der Waals surface area (Å²) in [6.45, 7) is 1.57. The first-order valence-corrected chi connectivity index (χ1v) is 8.81. The number of carbonyl (C=O) groups is 2. The van der Waals surface area contributed by atoms with Gasteiger partial charge >= 0.3 is 5.97 Å². The molecule has 0 heterocycles. The zero-order chi connectivity index (χ0) is 19.1. The van der Waals surface area contributed by atoms with Gasteiger partial charge in [-0.1, -0.05) is 78.9 Å². The minimum Gasteiger partial charge on any atom is -0.452 e. The second-order valence-electron chi connectivity index (χ2n) is 6.19. The van der Waals surface area contributed by atoms with Gasteiger partial charge in [0.25, 0.3) is 5.91 Å². The number of anilines is 1. The average Bonchev–Trinajstić information content (AvgIpc) is 2.70. The van der Waals surface area contributed by atoms with Gasteiger partial charge in [0.1, 0.15) is 5.92 Å². The highest BCUT2D eigenvalue weighted by Gasteiger charge is 2.27. The SMILES string of the molecule is CC(OC(=O)C(c1ccccc1)c1ccccc1)C(=O)Nc1ccccc1. The number of rotatable bonds is 6. The topological polar surface area (TPSA) is 55.4 Å². The molecule has 0 aliphatic heterocycles. The molecule has 0 fully saturated rings. The van der Waals surface area contributed by atoms with Crippen LogP contribution in [0.2, 0.25) is 0 Å². The summed E-state index contributed by atoms with van der Waals surface area (Å²) in [4.78, 5) is 25.3. The van der Waals surface area contributed by atoms with Crippen molar-refractivity contribution in [3.63, 3.8) is 0 Å². The molecule has 4 heteroatoms. The quantitative estimate of drug-likeness (QED) is 0.664. The smallest absolute Gasteiger partial charge is 0.318 e. The molecule has 0 aromatic heterocycles. The average molecular weight is 359 g/mol. The van der Waals surface area contributed by atoms with Gasteiger partial charge in [-0.3, -0.25) is 9.59 Å². The summed E-state index contributed by atoms with van der Waals surface area (Å²) < 4.78 is 5.50. The van der Waals surface area contributed by atoms with E-state index in [0.717, 1.165) is 11.1 Å². The Morgan fingerprint density at radius 2 is 1.19 bits per heavy atom. The van der Waals surface area contributed by atoms with Gasteiger partial charge in [0, 0.05) is 5.69 Å². The molecule has 1 amide bonds. The lowest BCUT2D eigenvalue weighted by atomic mass is 9.91. The minimum atomic E-state index is -0.910. The van der Waals surface area contributed by atoms with E-state index in [2.05, 4.69) is 5.32 Å². The molecule has 3 aromatic carbocycles. The van der Waals surface area contributed by atoms with Crippen molar-refractivity contribution in [2.45, 2.75) is 18.9 Å². The number of carbonyl (C=O) groups excluding carboxylic acids is 2. The van der Waals surface area contributed by atoms with Crippen LogP contribution in [0.15, 0.2) is 91.0 Å². The number of para-hydroxylation sites is 1. The van der Waals surface area contributed by atoms with Gasteiger partial charge in [0.15, 0.2) is 6.10 Å². The fourth-order valence-electron chi connectivity index (χ4n) is 2.82. The first-order valence-electron chi connectivity index (χ1n) is 8.81. The third-order valence-corrected chi connectivity index (χ3v) is 4.20. The third kappa shape index (κ3) is 4.82. The first-order chi connectivity index (χ1) is 13.1. The number of hydrogen-bond donors (Lipinski definition) is 1. The number of nitrogens with one attached hydrogen (secondary N) is 1. The van der Waals surface area contributed by atoms with E-state index in [9.17, 15) is 9.59 Å². The van der Waals surface area contributed by atoms with Gasteiger partial charge in [0.2, 0.25) is 0 Å². The molecular formula is C23H21NO3. The summed E-state index contributed by atoms with van der Waals surface area (Å²) in [6, 6.07) is 27.9. The van der Waals surface area contributed by atoms with Crippen LogP contribution in [-0.2, 0) is 14.3 Å². The van der Waals surface area contributed by atoms with Crippen LogP contribution in [0.5, 0.6) is 0 Å². The Morgan fingerprint density at radius 3 is 1.67 bits per heavy atom. The van der Waals surface area contributed by atoms with Gasteiger partial charge < -0.3 is 10.1 Å². The lowest BCUT2D eigenvalue weighted by molar-refractivity contribution is -0.153. The lowest BCUT2D eigenvalue weighted by Gasteiger charge is -2.20. The van der Waals surface area contributed by atoms with Gasteiger partial charge in [-0.2, -0.15) is 0 Å². The minimum absolute atomic E-state index is 0.366. The van der Waals surface area contributed by atoms with Gasteiger partial charge in [-0.25, -0.2) is 0 Å². The molecule has 4 nitrogen and oxygen atoms in total. The van der Waals surface area contributed by atoms with Crippen LogP contribution in [0.25, 0.3) is 0 Å². The number of benzene rings is 3. The van der Waals surface area contributed by atoms with Crippen molar-refractivity contribution in [3.05, 3.63) is 102 Å². The predicted molar refractivity (Wildman–Crippen MR) is 105 cm³/mol. The van der Waals surface area contributed by atoms with Crippen LogP contribution < -0.4 is 5.32 Å². The molecule has 0 spiro atoms. The van der Waals surface area contributed by atoms with E-state index < -0.39 is 18.0 Å². The van der Waals surface area contributed by atoms with Crippen molar-refractivity contribution in [1.29, 1.82) is 0 Å². The Labute approximate surface area is 158 Å².